The highest BCUT2D eigenvalue weighted by atomic mass is 16.7. The molecule has 36 heavy (non-hydrogen) atoms. The molecule has 1 N–H and O–H groups in total. The highest BCUT2D eigenvalue weighted by Crippen LogP contribution is 2.29. The number of ether oxygens (including phenoxy) is 4. The van der Waals surface area contributed by atoms with E-state index in [0.717, 1.165) is 0 Å². The molecule has 0 bridgehead atoms. The van der Waals surface area contributed by atoms with Crippen LogP contribution in [0.5, 0.6) is 0 Å². The number of carboxylic acid groups (broad SMARTS) is 1. The molecule has 9 nitrogen and oxygen atoms in total. The standard InChI is InChI=1S/C27H22O9/c28-24(29)23-22(36-27(32)19-14-8-3-9-15-19)21(35-26(31)18-12-6-2-7-13-18)20(34-23)16-33-25(30)17-10-4-1-5-11-17/h1-15,20-23H,16H2,(H,28,29)/t20-,21-,22-,23-/m1/s1. The van der Waals surface area contributed by atoms with Crippen LogP contribution in [0.1, 0.15) is 31.1 Å². The molecule has 0 aliphatic carbocycles. The van der Waals surface area contributed by atoms with Gasteiger partial charge in [0.15, 0.2) is 18.3 Å². The van der Waals surface area contributed by atoms with Gasteiger partial charge < -0.3 is 24.1 Å². The number of esters is 3. The Bertz CT molecular complexity index is 1210. The number of aliphatic carboxylic acids is 1. The minimum atomic E-state index is -1.66. The molecule has 9 heteroatoms. The fraction of sp³-hybridized carbons (Fsp3) is 0.185. The van der Waals surface area contributed by atoms with Crippen molar-refractivity contribution >= 4 is 23.9 Å². The van der Waals surface area contributed by atoms with E-state index in [4.69, 9.17) is 18.9 Å². The minimum Gasteiger partial charge on any atom is -0.479 e. The first-order valence-corrected chi connectivity index (χ1v) is 11.1. The molecule has 1 aliphatic heterocycles. The van der Waals surface area contributed by atoms with Crippen LogP contribution in [0.25, 0.3) is 0 Å². The smallest absolute Gasteiger partial charge is 0.338 e. The monoisotopic (exact) mass is 490 g/mol. The molecule has 4 rings (SSSR count). The zero-order valence-corrected chi connectivity index (χ0v) is 18.9. The second-order valence-electron chi connectivity index (χ2n) is 7.87. The summed E-state index contributed by atoms with van der Waals surface area (Å²) in [6, 6.07) is 24.1. The summed E-state index contributed by atoms with van der Waals surface area (Å²) in [5, 5.41) is 9.74. The quantitative estimate of drug-likeness (QED) is 0.374. The van der Waals surface area contributed by atoms with Crippen molar-refractivity contribution in [3.05, 3.63) is 108 Å². The number of rotatable bonds is 8. The Kier molecular flexibility index (Phi) is 7.72. The summed E-state index contributed by atoms with van der Waals surface area (Å²) >= 11 is 0. The molecule has 0 amide bonds. The lowest BCUT2D eigenvalue weighted by molar-refractivity contribution is -0.154. The second-order valence-corrected chi connectivity index (χ2v) is 7.87. The first-order chi connectivity index (χ1) is 17.4. The Morgan fingerprint density at radius 2 is 1.06 bits per heavy atom. The summed E-state index contributed by atoms with van der Waals surface area (Å²) in [5.74, 6) is -3.71. The van der Waals surface area contributed by atoms with Crippen molar-refractivity contribution in [1.29, 1.82) is 0 Å². The summed E-state index contributed by atoms with van der Waals surface area (Å²) in [7, 11) is 0. The minimum absolute atomic E-state index is 0.175. The van der Waals surface area contributed by atoms with Crippen molar-refractivity contribution in [2.45, 2.75) is 24.4 Å². The average Bonchev–Trinajstić information content (AvgIpc) is 3.25. The third-order valence-electron chi connectivity index (χ3n) is 5.45. The van der Waals surface area contributed by atoms with E-state index in [0.29, 0.717) is 0 Å². The summed E-state index contributed by atoms with van der Waals surface area (Å²) in [6.07, 6.45) is -5.73. The lowest BCUT2D eigenvalue weighted by Gasteiger charge is -2.23. The average molecular weight is 490 g/mol. The van der Waals surface area contributed by atoms with E-state index in [1.165, 1.54) is 24.3 Å². The van der Waals surface area contributed by atoms with Crippen molar-refractivity contribution in [1.82, 2.24) is 0 Å². The van der Waals surface area contributed by atoms with Gasteiger partial charge in [-0.3, -0.25) is 0 Å². The lowest BCUT2D eigenvalue weighted by atomic mass is 10.1. The maximum atomic E-state index is 12.8. The first kappa shape index (κ1) is 24.6. The summed E-state index contributed by atoms with van der Waals surface area (Å²) < 4.78 is 21.9. The number of hydrogen-bond acceptors (Lipinski definition) is 8. The van der Waals surface area contributed by atoms with Gasteiger partial charge >= 0.3 is 23.9 Å². The number of carbonyl (C=O) groups excluding carboxylic acids is 3. The largest absolute Gasteiger partial charge is 0.479 e. The van der Waals surface area contributed by atoms with E-state index in [2.05, 4.69) is 0 Å². The van der Waals surface area contributed by atoms with Crippen LogP contribution >= 0.6 is 0 Å². The normalized spacial score (nSPS) is 20.8. The van der Waals surface area contributed by atoms with Crippen LogP contribution in [0.15, 0.2) is 91.0 Å². The van der Waals surface area contributed by atoms with Gasteiger partial charge in [0.1, 0.15) is 12.7 Å². The Balaban J connectivity index is 1.58. The molecule has 1 fully saturated rings. The van der Waals surface area contributed by atoms with Gasteiger partial charge in [0.05, 0.1) is 16.7 Å². The lowest BCUT2D eigenvalue weighted by Crippen LogP contribution is -2.43. The van der Waals surface area contributed by atoms with E-state index in [9.17, 15) is 24.3 Å². The van der Waals surface area contributed by atoms with Gasteiger partial charge in [-0.25, -0.2) is 19.2 Å². The van der Waals surface area contributed by atoms with Crippen LogP contribution in [0.3, 0.4) is 0 Å². The molecule has 3 aromatic carbocycles. The van der Waals surface area contributed by atoms with Gasteiger partial charge in [-0.2, -0.15) is 0 Å². The maximum absolute atomic E-state index is 12.8. The van der Waals surface area contributed by atoms with Gasteiger partial charge in [-0.1, -0.05) is 54.6 Å². The maximum Gasteiger partial charge on any atom is 0.338 e. The second kappa shape index (κ2) is 11.3. The number of carboxylic acids is 1. The molecule has 0 spiro atoms. The van der Waals surface area contributed by atoms with Crippen LogP contribution in [0.4, 0.5) is 0 Å². The Morgan fingerprint density at radius 3 is 1.50 bits per heavy atom. The van der Waals surface area contributed by atoms with Gasteiger partial charge in [-0.15, -0.1) is 0 Å². The number of hydrogen-bond donors (Lipinski definition) is 1. The Labute approximate surface area is 206 Å². The van der Waals surface area contributed by atoms with Gasteiger partial charge in [0.2, 0.25) is 0 Å². The highest BCUT2D eigenvalue weighted by Gasteiger charge is 2.53. The summed E-state index contributed by atoms with van der Waals surface area (Å²) in [4.78, 5) is 49.9. The molecule has 184 valence electrons. The Hall–Kier alpha value is -4.50. The van der Waals surface area contributed by atoms with E-state index in [-0.39, 0.29) is 16.7 Å². The van der Waals surface area contributed by atoms with E-state index < -0.39 is 54.9 Å². The molecule has 4 atom stereocenters. The molecule has 3 aromatic rings. The van der Waals surface area contributed by atoms with E-state index in [1.807, 2.05) is 0 Å². The molecule has 0 aromatic heterocycles. The third kappa shape index (κ3) is 5.76. The topological polar surface area (TPSA) is 125 Å². The molecule has 1 heterocycles. The SMILES string of the molecule is O=C(OC[C@H]1O[C@@H](C(=O)O)[C@H](OC(=O)c2ccccc2)[C@@H]1OC(=O)c1ccccc1)c1ccccc1. The van der Waals surface area contributed by atoms with Crippen molar-refractivity contribution in [3.63, 3.8) is 0 Å². The summed E-state index contributed by atoms with van der Waals surface area (Å²) in [6.45, 7) is -0.441. The molecular formula is C27H22O9. The summed E-state index contributed by atoms with van der Waals surface area (Å²) in [5.41, 5.74) is 0.647. The predicted molar refractivity (Wildman–Crippen MR) is 124 cm³/mol. The molecule has 0 saturated carbocycles. The van der Waals surface area contributed by atoms with Gasteiger partial charge in [-0.05, 0) is 36.4 Å². The van der Waals surface area contributed by atoms with Crippen LogP contribution in [0, 0.1) is 0 Å². The van der Waals surface area contributed by atoms with Gasteiger partial charge in [0.25, 0.3) is 0 Å². The van der Waals surface area contributed by atoms with Crippen LogP contribution in [0.2, 0.25) is 0 Å². The number of carbonyl (C=O) groups is 4. The predicted octanol–water partition coefficient (Wildman–Crippen LogP) is 3.15. The van der Waals surface area contributed by atoms with Crippen LogP contribution in [-0.4, -0.2) is 60.0 Å². The first-order valence-electron chi connectivity index (χ1n) is 11.1. The van der Waals surface area contributed by atoms with Crippen molar-refractivity contribution in [2.75, 3.05) is 6.61 Å². The third-order valence-corrected chi connectivity index (χ3v) is 5.45. The van der Waals surface area contributed by atoms with E-state index in [1.54, 1.807) is 66.7 Å². The van der Waals surface area contributed by atoms with Crippen molar-refractivity contribution < 1.29 is 43.2 Å². The highest BCUT2D eigenvalue weighted by molar-refractivity contribution is 5.91. The van der Waals surface area contributed by atoms with E-state index >= 15 is 0 Å². The van der Waals surface area contributed by atoms with Crippen molar-refractivity contribution in [2.24, 2.45) is 0 Å². The van der Waals surface area contributed by atoms with Crippen LogP contribution < -0.4 is 0 Å². The molecular weight excluding hydrogens is 468 g/mol. The Morgan fingerprint density at radius 1 is 0.639 bits per heavy atom. The van der Waals surface area contributed by atoms with Crippen LogP contribution in [-0.2, 0) is 23.7 Å². The molecule has 0 unspecified atom stereocenters. The van der Waals surface area contributed by atoms with Crippen molar-refractivity contribution in [3.8, 4) is 0 Å². The zero-order valence-electron chi connectivity index (χ0n) is 18.9. The molecule has 1 saturated heterocycles. The zero-order chi connectivity index (χ0) is 25.5. The fourth-order valence-electron chi connectivity index (χ4n) is 3.68. The van der Waals surface area contributed by atoms with Gasteiger partial charge in [0, 0.05) is 0 Å². The fourth-order valence-corrected chi connectivity index (χ4v) is 3.68. The molecule has 1 aliphatic rings. The number of benzene rings is 3. The molecule has 0 radical (unpaired) electrons.